The first-order valence-electron chi connectivity index (χ1n) is 14.8. The van der Waals surface area contributed by atoms with Crippen LogP contribution in [0.25, 0.3) is 17.5 Å². The largest absolute Gasteiger partial charge is 0.483 e. The second-order valence-electron chi connectivity index (χ2n) is 10.00. The summed E-state index contributed by atoms with van der Waals surface area (Å²) in [6.07, 6.45) is 7.99. The molecule has 0 radical (unpaired) electrons. The third-order valence-electron chi connectivity index (χ3n) is 6.79. The number of rotatable bonds is 16. The highest BCUT2D eigenvalue weighted by molar-refractivity contribution is 5.89. The molecular weight excluding hydrogens is 544 g/mol. The van der Waals surface area contributed by atoms with Crippen molar-refractivity contribution < 1.29 is 28.3 Å². The van der Waals surface area contributed by atoms with E-state index < -0.39 is 0 Å². The van der Waals surface area contributed by atoms with E-state index >= 15 is 0 Å². The van der Waals surface area contributed by atoms with E-state index in [2.05, 4.69) is 22.3 Å². The standard InChI is InChI=1S/C35H38N2O6/c1-3-40-33(38)17-11-8-12-26(24-27-19-22-30(23-20-27)35(39)41-4-2)18-21-28-13-9-10-16-31(28)42-25-32-36-34(37-43-32)29-14-6-5-7-15-29/h5-7,9-10,13-16,18-23,26H,3-4,8,11-12,17,24-25H2,1-2H3/b21-18+. The highest BCUT2D eigenvalue weighted by atomic mass is 16.5. The lowest BCUT2D eigenvalue weighted by Crippen LogP contribution is -2.06. The molecule has 0 aliphatic carbocycles. The number of carbonyl (C=O) groups excluding carboxylic acids is 2. The monoisotopic (exact) mass is 582 g/mol. The lowest BCUT2D eigenvalue weighted by molar-refractivity contribution is -0.143. The molecule has 0 amide bonds. The van der Waals surface area contributed by atoms with Crippen LogP contribution >= 0.6 is 0 Å². The normalized spacial score (nSPS) is 11.8. The van der Waals surface area contributed by atoms with Crippen molar-refractivity contribution in [2.24, 2.45) is 5.92 Å². The maximum atomic E-state index is 12.1. The molecular formula is C35H38N2O6. The van der Waals surface area contributed by atoms with Crippen LogP contribution in [0.1, 0.15) is 66.9 Å². The summed E-state index contributed by atoms with van der Waals surface area (Å²) in [5.74, 6) is 1.34. The van der Waals surface area contributed by atoms with Crippen molar-refractivity contribution in [3.63, 3.8) is 0 Å². The smallest absolute Gasteiger partial charge is 0.338 e. The van der Waals surface area contributed by atoms with Crippen LogP contribution in [0.5, 0.6) is 5.75 Å². The topological polar surface area (TPSA) is 101 Å². The number of hydrogen-bond donors (Lipinski definition) is 0. The molecule has 0 bridgehead atoms. The zero-order valence-corrected chi connectivity index (χ0v) is 24.7. The Morgan fingerprint density at radius 2 is 1.63 bits per heavy atom. The number of nitrogens with zero attached hydrogens (tertiary/aromatic N) is 2. The second kappa shape index (κ2) is 16.7. The molecule has 1 atom stereocenters. The molecule has 3 aromatic carbocycles. The van der Waals surface area contributed by atoms with Crippen LogP contribution in [0.15, 0.2) is 89.5 Å². The minimum Gasteiger partial charge on any atom is -0.483 e. The van der Waals surface area contributed by atoms with Crippen LogP contribution in [0.4, 0.5) is 0 Å². The van der Waals surface area contributed by atoms with Crippen molar-refractivity contribution in [3.05, 3.63) is 108 Å². The lowest BCUT2D eigenvalue weighted by atomic mass is 9.92. The average molecular weight is 583 g/mol. The minimum absolute atomic E-state index is 0.148. The fourth-order valence-corrected chi connectivity index (χ4v) is 4.62. The molecule has 4 rings (SSSR count). The Bertz CT molecular complexity index is 1460. The number of para-hydroxylation sites is 1. The molecule has 0 fully saturated rings. The van der Waals surface area contributed by atoms with Gasteiger partial charge in [-0.3, -0.25) is 4.79 Å². The van der Waals surface area contributed by atoms with Crippen LogP contribution < -0.4 is 4.74 Å². The fourth-order valence-electron chi connectivity index (χ4n) is 4.62. The number of benzene rings is 3. The molecule has 0 spiro atoms. The van der Waals surface area contributed by atoms with Gasteiger partial charge >= 0.3 is 11.9 Å². The Hall–Kier alpha value is -4.72. The molecule has 1 unspecified atom stereocenters. The summed E-state index contributed by atoms with van der Waals surface area (Å²) < 4.78 is 21.7. The Labute approximate surface area is 252 Å². The van der Waals surface area contributed by atoms with Crippen LogP contribution in [0.3, 0.4) is 0 Å². The van der Waals surface area contributed by atoms with Crippen LogP contribution in [0.2, 0.25) is 0 Å². The van der Waals surface area contributed by atoms with E-state index in [0.29, 0.717) is 42.7 Å². The Morgan fingerprint density at radius 3 is 2.40 bits per heavy atom. The van der Waals surface area contributed by atoms with Gasteiger partial charge in [0.2, 0.25) is 5.82 Å². The zero-order chi connectivity index (χ0) is 30.3. The SMILES string of the molecule is CCOC(=O)CCCCC(/C=C/c1ccccc1OCc1nc(-c2ccccc2)no1)Cc1ccc(C(=O)OCC)cc1. The van der Waals surface area contributed by atoms with Gasteiger partial charge in [-0.05, 0) is 62.8 Å². The Kier molecular flexibility index (Phi) is 12.1. The van der Waals surface area contributed by atoms with Crippen molar-refractivity contribution in [1.82, 2.24) is 10.1 Å². The van der Waals surface area contributed by atoms with Gasteiger partial charge in [0.15, 0.2) is 6.61 Å². The van der Waals surface area contributed by atoms with Gasteiger partial charge < -0.3 is 18.7 Å². The summed E-state index contributed by atoms with van der Waals surface area (Å²) in [6, 6.07) is 25.0. The molecule has 0 saturated heterocycles. The highest BCUT2D eigenvalue weighted by Crippen LogP contribution is 2.25. The second-order valence-corrected chi connectivity index (χ2v) is 10.00. The van der Waals surface area contributed by atoms with E-state index in [1.807, 2.05) is 73.7 Å². The van der Waals surface area contributed by atoms with E-state index in [4.69, 9.17) is 18.7 Å². The molecule has 8 nitrogen and oxygen atoms in total. The number of carbonyl (C=O) groups is 2. The maximum Gasteiger partial charge on any atom is 0.338 e. The maximum absolute atomic E-state index is 12.1. The molecule has 4 aromatic rings. The van der Waals surface area contributed by atoms with E-state index in [1.54, 1.807) is 19.1 Å². The van der Waals surface area contributed by atoms with E-state index in [9.17, 15) is 9.59 Å². The van der Waals surface area contributed by atoms with Gasteiger partial charge in [0.1, 0.15) is 5.75 Å². The van der Waals surface area contributed by atoms with Gasteiger partial charge in [0, 0.05) is 17.5 Å². The molecule has 8 heteroatoms. The predicted octanol–water partition coefficient (Wildman–Crippen LogP) is 7.49. The number of aromatic nitrogens is 2. The molecule has 0 aliphatic heterocycles. The number of unbranched alkanes of at least 4 members (excludes halogenated alkanes) is 1. The summed E-state index contributed by atoms with van der Waals surface area (Å²) in [5, 5.41) is 4.07. The third-order valence-corrected chi connectivity index (χ3v) is 6.79. The van der Waals surface area contributed by atoms with Gasteiger partial charge in [0.05, 0.1) is 18.8 Å². The summed E-state index contributed by atoms with van der Waals surface area (Å²) in [5.41, 5.74) is 3.46. The van der Waals surface area contributed by atoms with E-state index in [0.717, 1.165) is 42.4 Å². The van der Waals surface area contributed by atoms with Crippen LogP contribution in [0, 0.1) is 5.92 Å². The lowest BCUT2D eigenvalue weighted by Gasteiger charge is -2.14. The van der Waals surface area contributed by atoms with Crippen LogP contribution in [-0.4, -0.2) is 35.3 Å². The van der Waals surface area contributed by atoms with Gasteiger partial charge in [0.25, 0.3) is 5.89 Å². The Morgan fingerprint density at radius 1 is 0.884 bits per heavy atom. The van der Waals surface area contributed by atoms with Crippen LogP contribution in [-0.2, 0) is 27.3 Å². The third kappa shape index (κ3) is 9.95. The average Bonchev–Trinajstić information content (AvgIpc) is 3.51. The first kappa shape index (κ1) is 31.2. The molecule has 0 N–H and O–H groups in total. The van der Waals surface area contributed by atoms with Crippen molar-refractivity contribution in [1.29, 1.82) is 0 Å². The summed E-state index contributed by atoms with van der Waals surface area (Å²) in [7, 11) is 0. The zero-order valence-electron chi connectivity index (χ0n) is 24.7. The molecule has 224 valence electrons. The van der Waals surface area contributed by atoms with Gasteiger partial charge in [-0.1, -0.05) is 84.4 Å². The summed E-state index contributed by atoms with van der Waals surface area (Å²) >= 11 is 0. The molecule has 0 saturated carbocycles. The fraction of sp³-hybridized carbons (Fsp3) is 0.314. The number of allylic oxidation sites excluding steroid dienone is 1. The van der Waals surface area contributed by atoms with Crippen molar-refractivity contribution in [2.45, 2.75) is 52.6 Å². The van der Waals surface area contributed by atoms with Crippen molar-refractivity contribution in [2.75, 3.05) is 13.2 Å². The molecule has 0 aliphatic rings. The van der Waals surface area contributed by atoms with Gasteiger partial charge in [-0.15, -0.1) is 0 Å². The Balaban J connectivity index is 1.42. The molecule has 1 heterocycles. The molecule has 1 aromatic heterocycles. The first-order chi connectivity index (χ1) is 21.1. The van der Waals surface area contributed by atoms with E-state index in [1.165, 1.54) is 0 Å². The summed E-state index contributed by atoms with van der Waals surface area (Å²) in [6.45, 7) is 4.50. The predicted molar refractivity (Wildman–Crippen MR) is 164 cm³/mol. The van der Waals surface area contributed by atoms with Crippen molar-refractivity contribution >= 4 is 18.0 Å². The number of ether oxygens (including phenoxy) is 3. The number of esters is 2. The minimum atomic E-state index is -0.321. The quantitative estimate of drug-likeness (QED) is 0.0989. The number of hydrogen-bond acceptors (Lipinski definition) is 8. The summed E-state index contributed by atoms with van der Waals surface area (Å²) in [4.78, 5) is 28.3. The molecule has 43 heavy (non-hydrogen) atoms. The van der Waals surface area contributed by atoms with Gasteiger partial charge in [-0.25, -0.2) is 4.79 Å². The first-order valence-corrected chi connectivity index (χ1v) is 14.8. The van der Waals surface area contributed by atoms with Gasteiger partial charge in [-0.2, -0.15) is 4.98 Å². The van der Waals surface area contributed by atoms with Crippen molar-refractivity contribution in [3.8, 4) is 17.1 Å². The highest BCUT2D eigenvalue weighted by Gasteiger charge is 2.13. The van der Waals surface area contributed by atoms with E-state index in [-0.39, 0.29) is 24.5 Å².